The molecule has 1 unspecified atom stereocenters. The maximum atomic E-state index is 12.8. The van der Waals surface area contributed by atoms with Crippen molar-refractivity contribution < 1.29 is 34.4 Å². The largest absolute Gasteiger partial charge is 0.507 e. The lowest BCUT2D eigenvalue weighted by molar-refractivity contribution is -0.123. The van der Waals surface area contributed by atoms with E-state index in [4.69, 9.17) is 4.74 Å². The maximum Gasteiger partial charge on any atom is 0.215 e. The molecule has 0 amide bonds. The van der Waals surface area contributed by atoms with Crippen molar-refractivity contribution >= 4 is 17.3 Å². The van der Waals surface area contributed by atoms with Gasteiger partial charge in [0.15, 0.2) is 17.3 Å². The normalized spacial score (nSPS) is 21.4. The number of aromatic hydroxyl groups is 2. The lowest BCUT2D eigenvalue weighted by Gasteiger charge is -2.27. The number of aliphatic hydroxyl groups is 1. The number of hydrogen-bond acceptors (Lipinski definition) is 7. The summed E-state index contributed by atoms with van der Waals surface area (Å²) in [5, 5.41) is 30.9. The van der Waals surface area contributed by atoms with Gasteiger partial charge in [-0.15, -0.1) is 0 Å². The number of phenolic OH excluding ortho intramolecular Hbond substituents is 2. The number of ketones is 3. The number of allylic oxidation sites excluding steroid dienone is 4. The molecule has 3 N–H and O–H groups in total. The van der Waals surface area contributed by atoms with Crippen LogP contribution in [0, 0.1) is 6.92 Å². The second-order valence-electron chi connectivity index (χ2n) is 6.34. The predicted octanol–water partition coefficient (Wildman–Crippen LogP) is 2.13. The molecule has 0 spiro atoms. The lowest BCUT2D eigenvalue weighted by atomic mass is 9.72. The van der Waals surface area contributed by atoms with Crippen molar-refractivity contribution in [2.75, 3.05) is 0 Å². The van der Waals surface area contributed by atoms with Crippen LogP contribution < -0.4 is 4.74 Å². The van der Waals surface area contributed by atoms with E-state index < -0.39 is 40.0 Å². The van der Waals surface area contributed by atoms with E-state index in [-0.39, 0.29) is 33.8 Å². The van der Waals surface area contributed by atoms with E-state index in [1.807, 2.05) is 0 Å². The zero-order valence-electron chi connectivity index (χ0n) is 14.1. The Kier molecular flexibility index (Phi) is 3.32. The summed E-state index contributed by atoms with van der Waals surface area (Å²) in [4.78, 5) is 36.4. The van der Waals surface area contributed by atoms with Gasteiger partial charge >= 0.3 is 0 Å². The number of fused-ring (bicyclic) bond motifs is 3. The van der Waals surface area contributed by atoms with Crippen LogP contribution in [0.25, 0.3) is 0 Å². The molecule has 25 heavy (non-hydrogen) atoms. The van der Waals surface area contributed by atoms with E-state index in [9.17, 15) is 29.7 Å². The van der Waals surface area contributed by atoms with Crippen LogP contribution in [0.1, 0.15) is 42.3 Å². The third-order valence-electron chi connectivity index (χ3n) is 4.77. The highest BCUT2D eigenvalue weighted by Gasteiger charge is 2.55. The van der Waals surface area contributed by atoms with Gasteiger partial charge < -0.3 is 20.1 Å². The van der Waals surface area contributed by atoms with Crippen LogP contribution >= 0.6 is 0 Å². The zero-order chi connectivity index (χ0) is 18.8. The maximum absolute atomic E-state index is 12.8. The van der Waals surface area contributed by atoms with Gasteiger partial charge in [-0.3, -0.25) is 14.4 Å². The van der Waals surface area contributed by atoms with Crippen molar-refractivity contribution in [3.63, 3.8) is 0 Å². The van der Waals surface area contributed by atoms with Crippen LogP contribution in [-0.4, -0.2) is 32.7 Å². The first-order valence-corrected chi connectivity index (χ1v) is 7.52. The van der Waals surface area contributed by atoms with E-state index >= 15 is 0 Å². The van der Waals surface area contributed by atoms with Crippen LogP contribution in [0.5, 0.6) is 17.2 Å². The molecule has 1 aromatic rings. The third-order valence-corrected chi connectivity index (χ3v) is 4.77. The van der Waals surface area contributed by atoms with E-state index in [0.29, 0.717) is 0 Å². The minimum absolute atomic E-state index is 0.00157. The molecular formula is C18H16O7. The molecule has 0 aromatic heterocycles. The summed E-state index contributed by atoms with van der Waals surface area (Å²) in [6.45, 7) is 5.22. The molecule has 1 aliphatic carbocycles. The molecule has 1 aliphatic heterocycles. The van der Waals surface area contributed by atoms with Crippen LogP contribution in [0.2, 0.25) is 0 Å². The van der Waals surface area contributed by atoms with Gasteiger partial charge in [-0.05, 0) is 33.8 Å². The van der Waals surface area contributed by atoms with Crippen molar-refractivity contribution in [2.24, 2.45) is 0 Å². The first-order valence-electron chi connectivity index (χ1n) is 7.52. The summed E-state index contributed by atoms with van der Waals surface area (Å²) in [5.41, 5.74) is -1.99. The Morgan fingerprint density at radius 2 is 1.68 bits per heavy atom. The van der Waals surface area contributed by atoms with Gasteiger partial charge in [0, 0.05) is 5.56 Å². The Morgan fingerprint density at radius 3 is 2.20 bits per heavy atom. The molecule has 1 aromatic carbocycles. The van der Waals surface area contributed by atoms with Crippen molar-refractivity contribution in [3.8, 4) is 17.2 Å². The molecule has 2 aliphatic rings. The molecule has 0 saturated heterocycles. The summed E-state index contributed by atoms with van der Waals surface area (Å²) in [5.74, 6) is -3.61. The topological polar surface area (TPSA) is 121 Å². The molecule has 7 heteroatoms. The fraction of sp³-hybridized carbons (Fsp3) is 0.278. The summed E-state index contributed by atoms with van der Waals surface area (Å²) in [6.07, 6.45) is 1.22. The summed E-state index contributed by atoms with van der Waals surface area (Å²) >= 11 is 0. The number of aliphatic hydroxyl groups excluding tert-OH is 1. The Bertz CT molecular complexity index is 949. The average molecular weight is 344 g/mol. The second kappa shape index (κ2) is 4.95. The number of hydrogen-bond donors (Lipinski definition) is 3. The van der Waals surface area contributed by atoms with E-state index in [1.165, 1.54) is 33.8 Å². The number of phenols is 2. The lowest BCUT2D eigenvalue weighted by Crippen LogP contribution is -2.37. The fourth-order valence-corrected chi connectivity index (χ4v) is 3.28. The molecule has 7 nitrogen and oxygen atoms in total. The number of carbonyl (C=O) groups is 3. The quantitative estimate of drug-likeness (QED) is 0.703. The summed E-state index contributed by atoms with van der Waals surface area (Å²) in [6, 6.07) is 0. The summed E-state index contributed by atoms with van der Waals surface area (Å²) < 4.78 is 5.62. The number of benzene rings is 1. The van der Waals surface area contributed by atoms with Crippen molar-refractivity contribution in [1.82, 2.24) is 0 Å². The molecule has 0 bridgehead atoms. The van der Waals surface area contributed by atoms with Crippen LogP contribution in [-0.2, 0) is 15.0 Å². The van der Waals surface area contributed by atoms with Gasteiger partial charge in [0.1, 0.15) is 34.0 Å². The molecule has 130 valence electrons. The minimum atomic E-state index is -1.61. The zero-order valence-corrected chi connectivity index (χ0v) is 14.1. The molecule has 0 saturated carbocycles. The van der Waals surface area contributed by atoms with Crippen molar-refractivity contribution in [1.29, 1.82) is 0 Å². The SMILES string of the molecule is CC(=O)C1=C(O)C(=O)C2(C)C(=C1)Oc1c(C(C)=O)c(O)c(C)c(O)c12. The number of Topliss-reactive ketones (excluding diaryl/α,β-unsaturated/α-hetero) is 3. The molecule has 0 fully saturated rings. The minimum Gasteiger partial charge on any atom is -0.507 e. The summed E-state index contributed by atoms with van der Waals surface area (Å²) in [7, 11) is 0. The van der Waals surface area contributed by atoms with Crippen LogP contribution in [0.3, 0.4) is 0 Å². The Hall–Kier alpha value is -3.09. The van der Waals surface area contributed by atoms with Gasteiger partial charge in [-0.25, -0.2) is 0 Å². The Labute approximate surface area is 142 Å². The van der Waals surface area contributed by atoms with Gasteiger partial charge in [0.05, 0.1) is 11.1 Å². The second-order valence-corrected chi connectivity index (χ2v) is 6.34. The van der Waals surface area contributed by atoms with Gasteiger partial charge in [0.2, 0.25) is 5.78 Å². The third kappa shape index (κ3) is 1.89. The molecular weight excluding hydrogens is 328 g/mol. The Morgan fingerprint density at radius 1 is 1.08 bits per heavy atom. The molecule has 1 heterocycles. The van der Waals surface area contributed by atoms with Gasteiger partial charge in [-0.1, -0.05) is 0 Å². The number of rotatable bonds is 2. The average Bonchev–Trinajstić information content (AvgIpc) is 2.82. The first kappa shape index (κ1) is 16.8. The van der Waals surface area contributed by atoms with Crippen molar-refractivity contribution in [3.05, 3.63) is 39.9 Å². The van der Waals surface area contributed by atoms with Gasteiger partial charge in [-0.2, -0.15) is 0 Å². The molecule has 3 rings (SSSR count). The smallest absolute Gasteiger partial charge is 0.215 e. The standard InChI is InChI=1S/C18H16O7/c1-6-13(21)11(8(3)20)16-12(14(6)22)18(4)10(25-16)5-9(7(2)19)15(23)17(18)24/h5,21-23H,1-4H3. The van der Waals surface area contributed by atoms with Crippen LogP contribution in [0.15, 0.2) is 23.2 Å². The van der Waals surface area contributed by atoms with Crippen LogP contribution in [0.4, 0.5) is 0 Å². The van der Waals surface area contributed by atoms with E-state index in [2.05, 4.69) is 0 Å². The van der Waals surface area contributed by atoms with Crippen molar-refractivity contribution in [2.45, 2.75) is 33.1 Å². The fourth-order valence-electron chi connectivity index (χ4n) is 3.28. The van der Waals surface area contributed by atoms with E-state index in [1.54, 1.807) is 0 Å². The predicted molar refractivity (Wildman–Crippen MR) is 85.9 cm³/mol. The monoisotopic (exact) mass is 344 g/mol. The number of carbonyl (C=O) groups excluding carboxylic acids is 3. The van der Waals surface area contributed by atoms with E-state index in [0.717, 1.165) is 0 Å². The molecule has 1 atom stereocenters. The van der Waals surface area contributed by atoms with Gasteiger partial charge in [0.25, 0.3) is 0 Å². The highest BCUT2D eigenvalue weighted by Crippen LogP contribution is 2.57. The Balaban J connectivity index is 2.41. The highest BCUT2D eigenvalue weighted by molar-refractivity contribution is 6.15. The molecule has 0 radical (unpaired) electrons. The first-order chi connectivity index (χ1) is 11.5. The number of ether oxygens (including phenoxy) is 1. The highest BCUT2D eigenvalue weighted by atomic mass is 16.5.